The molecule has 128 valence electrons. The predicted molar refractivity (Wildman–Crippen MR) is 95.8 cm³/mol. The second-order valence-corrected chi connectivity index (χ2v) is 6.03. The Morgan fingerprint density at radius 3 is 2.58 bits per heavy atom. The molecule has 0 aromatic heterocycles. The molecule has 2 N–H and O–H groups in total. The molecule has 2 amide bonds. The van der Waals surface area contributed by atoms with Crippen LogP contribution < -0.4 is 10.1 Å². The van der Waals surface area contributed by atoms with Gasteiger partial charge in [0.15, 0.2) is 0 Å². The number of benzene rings is 2. The number of anilines is 1. The Morgan fingerprint density at radius 2 is 1.96 bits per heavy atom. The van der Waals surface area contributed by atoms with E-state index < -0.39 is 6.10 Å². The Kier molecular flexibility index (Phi) is 6.46. The molecule has 0 heterocycles. The van der Waals surface area contributed by atoms with Crippen LogP contribution in [0.4, 0.5) is 10.5 Å². The standard InChI is InChI=1S/C18H21ClN2O3/c1-21(2)18(23)20-14-8-9-17(16(19)11-14)24-12-15(22)10-13-6-4-3-5-7-13/h3-9,11,15,22H,10,12H2,1-2H3,(H,20,23). The van der Waals surface area contributed by atoms with Gasteiger partial charge in [0.25, 0.3) is 0 Å². The fourth-order valence-corrected chi connectivity index (χ4v) is 2.30. The lowest BCUT2D eigenvalue weighted by Gasteiger charge is -2.15. The molecule has 0 radical (unpaired) electrons. The van der Waals surface area contributed by atoms with Crippen molar-refractivity contribution in [1.29, 1.82) is 0 Å². The zero-order valence-corrected chi connectivity index (χ0v) is 14.5. The first-order valence-electron chi connectivity index (χ1n) is 7.58. The van der Waals surface area contributed by atoms with Gasteiger partial charge in [0, 0.05) is 26.2 Å². The minimum Gasteiger partial charge on any atom is -0.489 e. The first-order chi connectivity index (χ1) is 11.5. The number of nitrogens with one attached hydrogen (secondary N) is 1. The predicted octanol–water partition coefficient (Wildman–Crippen LogP) is 3.42. The van der Waals surface area contributed by atoms with Crippen LogP contribution in [0.15, 0.2) is 48.5 Å². The number of hydrogen-bond acceptors (Lipinski definition) is 3. The van der Waals surface area contributed by atoms with Crippen molar-refractivity contribution in [3.63, 3.8) is 0 Å². The highest BCUT2D eigenvalue weighted by Gasteiger charge is 2.10. The summed E-state index contributed by atoms with van der Waals surface area (Å²) in [5.41, 5.74) is 1.62. The van der Waals surface area contributed by atoms with Gasteiger partial charge in [0.1, 0.15) is 12.4 Å². The molecule has 1 atom stereocenters. The van der Waals surface area contributed by atoms with E-state index in [9.17, 15) is 9.90 Å². The number of carbonyl (C=O) groups excluding carboxylic acids is 1. The second kappa shape index (κ2) is 8.57. The smallest absolute Gasteiger partial charge is 0.321 e. The molecule has 6 heteroatoms. The Bertz CT molecular complexity index is 677. The van der Waals surface area contributed by atoms with Crippen molar-refractivity contribution in [1.82, 2.24) is 4.90 Å². The minimum absolute atomic E-state index is 0.137. The lowest BCUT2D eigenvalue weighted by molar-refractivity contribution is 0.108. The molecule has 1 unspecified atom stereocenters. The maximum Gasteiger partial charge on any atom is 0.321 e. The van der Waals surface area contributed by atoms with Gasteiger partial charge >= 0.3 is 6.03 Å². The van der Waals surface area contributed by atoms with Crippen molar-refractivity contribution in [2.24, 2.45) is 0 Å². The van der Waals surface area contributed by atoms with Crippen LogP contribution in [0, 0.1) is 0 Å². The number of amides is 2. The van der Waals surface area contributed by atoms with Crippen molar-refractivity contribution < 1.29 is 14.6 Å². The first kappa shape index (κ1) is 18.1. The molecule has 0 saturated heterocycles. The number of halogens is 1. The van der Waals surface area contributed by atoms with Crippen molar-refractivity contribution in [3.05, 3.63) is 59.1 Å². The van der Waals surface area contributed by atoms with Crippen LogP contribution in [0.1, 0.15) is 5.56 Å². The Balaban J connectivity index is 1.89. The maximum absolute atomic E-state index is 11.6. The summed E-state index contributed by atoms with van der Waals surface area (Å²) in [4.78, 5) is 13.0. The Morgan fingerprint density at radius 1 is 1.25 bits per heavy atom. The average molecular weight is 349 g/mol. The van der Waals surface area contributed by atoms with E-state index >= 15 is 0 Å². The van der Waals surface area contributed by atoms with Crippen molar-refractivity contribution in [2.45, 2.75) is 12.5 Å². The quantitative estimate of drug-likeness (QED) is 0.840. The topological polar surface area (TPSA) is 61.8 Å². The van der Waals surface area contributed by atoms with Gasteiger partial charge in [-0.2, -0.15) is 0 Å². The second-order valence-electron chi connectivity index (χ2n) is 5.62. The third kappa shape index (κ3) is 5.44. The van der Waals surface area contributed by atoms with Crippen LogP contribution in [0.3, 0.4) is 0 Å². The van der Waals surface area contributed by atoms with Crippen LogP contribution in [-0.4, -0.2) is 42.8 Å². The number of carbonyl (C=O) groups is 1. The van der Waals surface area contributed by atoms with Crippen molar-refractivity contribution in [3.8, 4) is 5.75 Å². The first-order valence-corrected chi connectivity index (χ1v) is 7.96. The van der Waals surface area contributed by atoms with E-state index in [0.29, 0.717) is 22.9 Å². The number of urea groups is 1. The van der Waals surface area contributed by atoms with Crippen molar-refractivity contribution >= 4 is 23.3 Å². The molecule has 0 bridgehead atoms. The zero-order chi connectivity index (χ0) is 17.5. The summed E-state index contributed by atoms with van der Waals surface area (Å²) in [6, 6.07) is 14.5. The Labute approximate surface area is 146 Å². The molecule has 0 aliphatic heterocycles. The van der Waals surface area contributed by atoms with Crippen LogP contribution in [0.25, 0.3) is 0 Å². The number of hydrogen-bond donors (Lipinski definition) is 2. The third-order valence-corrected chi connectivity index (χ3v) is 3.63. The van der Waals surface area contributed by atoms with Gasteiger partial charge in [-0.25, -0.2) is 4.79 Å². The fourth-order valence-electron chi connectivity index (χ4n) is 2.06. The summed E-state index contributed by atoms with van der Waals surface area (Å²) >= 11 is 6.16. The number of ether oxygens (including phenoxy) is 1. The normalized spacial score (nSPS) is 11.7. The highest BCUT2D eigenvalue weighted by molar-refractivity contribution is 6.32. The van der Waals surface area contributed by atoms with E-state index in [1.54, 1.807) is 32.3 Å². The van der Waals surface area contributed by atoms with Crippen LogP contribution in [-0.2, 0) is 6.42 Å². The number of nitrogens with zero attached hydrogens (tertiary/aromatic N) is 1. The molecule has 2 aromatic rings. The summed E-state index contributed by atoms with van der Waals surface area (Å²) in [5, 5.41) is 13.1. The summed E-state index contributed by atoms with van der Waals surface area (Å²) < 4.78 is 5.57. The fraction of sp³-hybridized carbons (Fsp3) is 0.278. The molecule has 2 aromatic carbocycles. The molecule has 0 aliphatic carbocycles. The molecule has 0 saturated carbocycles. The van der Waals surface area contributed by atoms with Gasteiger partial charge in [-0.05, 0) is 23.8 Å². The highest BCUT2D eigenvalue weighted by Crippen LogP contribution is 2.28. The monoisotopic (exact) mass is 348 g/mol. The van der Waals surface area contributed by atoms with Crippen molar-refractivity contribution in [2.75, 3.05) is 26.0 Å². The summed E-state index contributed by atoms with van der Waals surface area (Å²) in [6.45, 7) is 0.137. The van der Waals surface area contributed by atoms with E-state index in [-0.39, 0.29) is 12.6 Å². The molecule has 0 fully saturated rings. The third-order valence-electron chi connectivity index (χ3n) is 3.33. The summed E-state index contributed by atoms with van der Waals surface area (Å²) in [5.74, 6) is 0.464. The van der Waals surface area contributed by atoms with E-state index in [1.807, 2.05) is 30.3 Å². The van der Waals surface area contributed by atoms with Gasteiger partial charge in [-0.3, -0.25) is 0 Å². The van der Waals surface area contributed by atoms with E-state index in [0.717, 1.165) is 5.56 Å². The molecular formula is C18H21ClN2O3. The van der Waals surface area contributed by atoms with E-state index in [2.05, 4.69) is 5.32 Å². The number of aliphatic hydroxyl groups excluding tert-OH is 1. The van der Waals surface area contributed by atoms with Gasteiger partial charge in [-0.15, -0.1) is 0 Å². The molecule has 0 aliphatic rings. The lowest BCUT2D eigenvalue weighted by Crippen LogP contribution is -2.27. The maximum atomic E-state index is 11.6. The van der Waals surface area contributed by atoms with E-state index in [4.69, 9.17) is 16.3 Å². The van der Waals surface area contributed by atoms with E-state index in [1.165, 1.54) is 4.90 Å². The van der Waals surface area contributed by atoms with Crippen LogP contribution in [0.5, 0.6) is 5.75 Å². The molecule has 5 nitrogen and oxygen atoms in total. The minimum atomic E-state index is -0.628. The molecule has 0 spiro atoms. The average Bonchev–Trinajstić information content (AvgIpc) is 2.55. The molecular weight excluding hydrogens is 328 g/mol. The lowest BCUT2D eigenvalue weighted by atomic mass is 10.1. The van der Waals surface area contributed by atoms with Gasteiger partial charge in [0.2, 0.25) is 0 Å². The SMILES string of the molecule is CN(C)C(=O)Nc1ccc(OCC(O)Cc2ccccc2)c(Cl)c1. The number of aliphatic hydroxyl groups is 1. The summed E-state index contributed by atoms with van der Waals surface area (Å²) in [6.07, 6.45) is -0.119. The van der Waals surface area contributed by atoms with Gasteiger partial charge < -0.3 is 20.1 Å². The summed E-state index contributed by atoms with van der Waals surface area (Å²) in [7, 11) is 3.31. The zero-order valence-electron chi connectivity index (χ0n) is 13.7. The molecule has 2 rings (SSSR count). The highest BCUT2D eigenvalue weighted by atomic mass is 35.5. The number of rotatable bonds is 6. The van der Waals surface area contributed by atoms with Gasteiger partial charge in [-0.1, -0.05) is 41.9 Å². The van der Waals surface area contributed by atoms with Crippen LogP contribution >= 0.6 is 11.6 Å². The Hall–Kier alpha value is -2.24. The largest absolute Gasteiger partial charge is 0.489 e. The molecule has 24 heavy (non-hydrogen) atoms. The van der Waals surface area contributed by atoms with Crippen LogP contribution in [0.2, 0.25) is 5.02 Å². The van der Waals surface area contributed by atoms with Gasteiger partial charge in [0.05, 0.1) is 11.1 Å².